The zero-order valence-corrected chi connectivity index (χ0v) is 12.0. The van der Waals surface area contributed by atoms with Gasteiger partial charge in [-0.3, -0.25) is 0 Å². The van der Waals surface area contributed by atoms with Crippen LogP contribution >= 0.6 is 0 Å². The molecule has 2 nitrogen and oxygen atoms in total. The molecule has 4 heteroatoms. The Morgan fingerprint density at radius 2 is 2.05 bits per heavy atom. The summed E-state index contributed by atoms with van der Waals surface area (Å²) in [6.07, 6.45) is 5.56. The van der Waals surface area contributed by atoms with Crippen LogP contribution in [0.25, 0.3) is 0 Å². The van der Waals surface area contributed by atoms with Crippen LogP contribution in [0.15, 0.2) is 18.2 Å². The van der Waals surface area contributed by atoms with E-state index >= 15 is 0 Å². The Kier molecular flexibility index (Phi) is 5.92. The lowest BCUT2D eigenvalue weighted by Crippen LogP contribution is -2.21. The Hall–Kier alpha value is -1.00. The summed E-state index contributed by atoms with van der Waals surface area (Å²) in [5, 5.41) is 3.30. The molecule has 0 aromatic heterocycles. The molecule has 1 saturated heterocycles. The van der Waals surface area contributed by atoms with Crippen LogP contribution in [0.3, 0.4) is 0 Å². The summed E-state index contributed by atoms with van der Waals surface area (Å²) in [4.78, 5) is 0. The van der Waals surface area contributed by atoms with Gasteiger partial charge in [-0.15, -0.1) is 0 Å². The Balaban J connectivity index is 1.91. The minimum atomic E-state index is -0.512. The van der Waals surface area contributed by atoms with Gasteiger partial charge in [0.05, 0.1) is 6.10 Å². The molecule has 2 unspecified atom stereocenters. The van der Waals surface area contributed by atoms with Crippen molar-refractivity contribution in [2.75, 3.05) is 13.2 Å². The van der Waals surface area contributed by atoms with Gasteiger partial charge in [-0.2, -0.15) is 0 Å². The second-order valence-electron chi connectivity index (χ2n) is 5.38. The van der Waals surface area contributed by atoms with E-state index in [9.17, 15) is 8.78 Å². The third kappa shape index (κ3) is 4.53. The highest BCUT2D eigenvalue weighted by molar-refractivity contribution is 5.21. The zero-order valence-electron chi connectivity index (χ0n) is 12.0. The van der Waals surface area contributed by atoms with Crippen molar-refractivity contribution in [1.29, 1.82) is 0 Å². The van der Waals surface area contributed by atoms with Crippen LogP contribution in [-0.2, 0) is 4.74 Å². The molecular weight excluding hydrogens is 260 g/mol. The molecule has 1 heterocycles. The predicted molar refractivity (Wildman–Crippen MR) is 75.6 cm³/mol. The van der Waals surface area contributed by atoms with Crippen molar-refractivity contribution >= 4 is 0 Å². The molecule has 1 aliphatic heterocycles. The number of ether oxygens (including phenoxy) is 1. The fourth-order valence-electron chi connectivity index (χ4n) is 2.83. The van der Waals surface area contributed by atoms with Gasteiger partial charge in [0.1, 0.15) is 11.6 Å². The summed E-state index contributed by atoms with van der Waals surface area (Å²) in [5.41, 5.74) is 0.691. The number of hydrogen-bond donors (Lipinski definition) is 1. The SMILES string of the molecule is CCNC(CCCC1CCCO1)c1cc(F)cc(F)c1. The minimum absolute atomic E-state index is 0.00611. The Labute approximate surface area is 119 Å². The first-order chi connectivity index (χ1) is 9.69. The van der Waals surface area contributed by atoms with Gasteiger partial charge in [0.25, 0.3) is 0 Å². The van der Waals surface area contributed by atoms with E-state index in [4.69, 9.17) is 4.74 Å². The van der Waals surface area contributed by atoms with E-state index in [2.05, 4.69) is 5.32 Å². The maximum Gasteiger partial charge on any atom is 0.126 e. The van der Waals surface area contributed by atoms with Crippen molar-refractivity contribution in [3.63, 3.8) is 0 Å². The molecule has 1 aromatic carbocycles. The molecule has 0 saturated carbocycles. The van der Waals surface area contributed by atoms with E-state index in [1.807, 2.05) is 6.92 Å². The molecule has 0 amide bonds. The fraction of sp³-hybridized carbons (Fsp3) is 0.625. The molecule has 1 fully saturated rings. The number of nitrogens with one attached hydrogen (secondary N) is 1. The molecule has 1 aliphatic rings. The van der Waals surface area contributed by atoms with Crippen LogP contribution in [0, 0.1) is 11.6 Å². The number of benzene rings is 1. The van der Waals surface area contributed by atoms with Gasteiger partial charge in [-0.05, 0) is 56.3 Å². The van der Waals surface area contributed by atoms with Crippen LogP contribution in [0.5, 0.6) is 0 Å². The second-order valence-corrected chi connectivity index (χ2v) is 5.38. The molecule has 0 aliphatic carbocycles. The molecule has 20 heavy (non-hydrogen) atoms. The van der Waals surface area contributed by atoms with Crippen LogP contribution in [0.1, 0.15) is 50.6 Å². The Bertz CT molecular complexity index is 399. The fourth-order valence-corrected chi connectivity index (χ4v) is 2.83. The summed E-state index contributed by atoms with van der Waals surface area (Å²) in [7, 11) is 0. The predicted octanol–water partition coefficient (Wildman–Crippen LogP) is 3.96. The highest BCUT2D eigenvalue weighted by atomic mass is 19.1. The van der Waals surface area contributed by atoms with Gasteiger partial charge in [-0.1, -0.05) is 6.92 Å². The van der Waals surface area contributed by atoms with E-state index in [1.54, 1.807) is 0 Å². The summed E-state index contributed by atoms with van der Waals surface area (Å²) in [6.45, 7) is 3.65. The van der Waals surface area contributed by atoms with Crippen LogP contribution < -0.4 is 5.32 Å². The van der Waals surface area contributed by atoms with E-state index in [0.717, 1.165) is 51.3 Å². The standard InChI is InChI=1S/C16H23F2NO/c1-2-19-16(7-3-5-15-6-4-8-20-15)12-9-13(17)11-14(18)10-12/h9-11,15-16,19H,2-8H2,1H3. The number of rotatable bonds is 7. The summed E-state index contributed by atoms with van der Waals surface area (Å²) >= 11 is 0. The maximum atomic E-state index is 13.3. The first-order valence-electron chi connectivity index (χ1n) is 7.50. The minimum Gasteiger partial charge on any atom is -0.378 e. The number of hydrogen-bond acceptors (Lipinski definition) is 2. The third-order valence-electron chi connectivity index (χ3n) is 3.78. The maximum absolute atomic E-state index is 13.3. The van der Waals surface area contributed by atoms with Crippen molar-refractivity contribution in [2.45, 2.75) is 51.2 Å². The van der Waals surface area contributed by atoms with Crippen molar-refractivity contribution in [1.82, 2.24) is 5.32 Å². The molecule has 112 valence electrons. The van der Waals surface area contributed by atoms with E-state index in [1.165, 1.54) is 12.1 Å². The summed E-state index contributed by atoms with van der Waals surface area (Å²) < 4.78 is 32.2. The molecule has 0 bridgehead atoms. The van der Waals surface area contributed by atoms with E-state index < -0.39 is 11.6 Å². The first kappa shape index (κ1) is 15.4. The highest BCUT2D eigenvalue weighted by Gasteiger charge is 2.17. The normalized spacial score (nSPS) is 20.2. The lowest BCUT2D eigenvalue weighted by molar-refractivity contribution is 0.101. The Morgan fingerprint density at radius 1 is 1.30 bits per heavy atom. The average molecular weight is 283 g/mol. The number of halogens is 2. The molecule has 1 N–H and O–H groups in total. The van der Waals surface area contributed by atoms with Gasteiger partial charge in [0.2, 0.25) is 0 Å². The van der Waals surface area contributed by atoms with Gasteiger partial charge < -0.3 is 10.1 Å². The Morgan fingerprint density at radius 3 is 2.65 bits per heavy atom. The molecule has 1 aromatic rings. The van der Waals surface area contributed by atoms with E-state index in [-0.39, 0.29) is 6.04 Å². The van der Waals surface area contributed by atoms with Crippen molar-refractivity contribution in [3.8, 4) is 0 Å². The molecule has 0 radical (unpaired) electrons. The van der Waals surface area contributed by atoms with Gasteiger partial charge in [0.15, 0.2) is 0 Å². The lowest BCUT2D eigenvalue weighted by Gasteiger charge is -2.19. The van der Waals surface area contributed by atoms with Crippen molar-refractivity contribution in [2.24, 2.45) is 0 Å². The quantitative estimate of drug-likeness (QED) is 0.817. The molecule has 0 spiro atoms. The highest BCUT2D eigenvalue weighted by Crippen LogP contribution is 2.24. The van der Waals surface area contributed by atoms with Gasteiger partial charge >= 0.3 is 0 Å². The lowest BCUT2D eigenvalue weighted by atomic mass is 9.99. The summed E-state index contributed by atoms with van der Waals surface area (Å²) in [6, 6.07) is 3.76. The van der Waals surface area contributed by atoms with Gasteiger partial charge in [-0.25, -0.2) is 8.78 Å². The van der Waals surface area contributed by atoms with Crippen molar-refractivity contribution < 1.29 is 13.5 Å². The van der Waals surface area contributed by atoms with Crippen molar-refractivity contribution in [3.05, 3.63) is 35.4 Å². The summed E-state index contributed by atoms with van der Waals surface area (Å²) in [5.74, 6) is -1.02. The molecular formula is C16H23F2NO. The largest absolute Gasteiger partial charge is 0.378 e. The third-order valence-corrected chi connectivity index (χ3v) is 3.78. The van der Waals surface area contributed by atoms with Crippen LogP contribution in [0.2, 0.25) is 0 Å². The molecule has 2 rings (SSSR count). The van der Waals surface area contributed by atoms with E-state index in [0.29, 0.717) is 11.7 Å². The topological polar surface area (TPSA) is 21.3 Å². The molecule has 2 atom stereocenters. The van der Waals surface area contributed by atoms with Crippen LogP contribution in [0.4, 0.5) is 8.78 Å². The first-order valence-corrected chi connectivity index (χ1v) is 7.50. The zero-order chi connectivity index (χ0) is 14.4. The average Bonchev–Trinajstić information content (AvgIpc) is 2.89. The smallest absolute Gasteiger partial charge is 0.126 e. The van der Waals surface area contributed by atoms with Crippen LogP contribution in [-0.4, -0.2) is 19.3 Å². The van der Waals surface area contributed by atoms with Gasteiger partial charge in [0, 0.05) is 18.7 Å². The monoisotopic (exact) mass is 283 g/mol. The second kappa shape index (κ2) is 7.70.